The molecule has 8 nitrogen and oxygen atoms in total. The predicted molar refractivity (Wildman–Crippen MR) is 158 cm³/mol. The first-order valence-electron chi connectivity index (χ1n) is 13.2. The minimum absolute atomic E-state index is 0.210. The van der Waals surface area contributed by atoms with Gasteiger partial charge in [0, 0.05) is 50.8 Å². The van der Waals surface area contributed by atoms with E-state index in [0.717, 1.165) is 12.8 Å². The maximum atomic E-state index is 12.9. The molecule has 0 bridgehead atoms. The minimum atomic E-state index is -1.57. The first kappa shape index (κ1) is 24.7. The topological polar surface area (TPSA) is 105 Å². The zero-order valence-corrected chi connectivity index (χ0v) is 22.9. The van der Waals surface area contributed by atoms with Gasteiger partial charge in [-0.3, -0.25) is 14.8 Å². The summed E-state index contributed by atoms with van der Waals surface area (Å²) in [6.45, 7) is 1.46. The van der Waals surface area contributed by atoms with Crippen LogP contribution in [0.2, 0.25) is 10.0 Å². The van der Waals surface area contributed by atoms with Gasteiger partial charge in [0.15, 0.2) is 5.78 Å². The number of benzene rings is 3. The minimum Gasteiger partial charge on any atom is -0.373 e. The van der Waals surface area contributed by atoms with E-state index >= 15 is 0 Å². The Balaban J connectivity index is 1.52. The average Bonchev–Trinajstić information content (AvgIpc) is 3.68. The first-order valence-corrected chi connectivity index (χ1v) is 13.5. The molecule has 2 heterocycles. The summed E-state index contributed by atoms with van der Waals surface area (Å²) in [4.78, 5) is 17.3. The highest BCUT2D eigenvalue weighted by atomic mass is 35.5. The quantitative estimate of drug-likeness (QED) is 0.171. The maximum absolute atomic E-state index is 12.9. The lowest BCUT2D eigenvalue weighted by molar-refractivity contribution is 0.101. The third-order valence-corrected chi connectivity index (χ3v) is 7.34. The summed E-state index contributed by atoms with van der Waals surface area (Å²) in [5, 5.41) is 20.0. The number of rotatable bonds is 8. The number of nitrogens with zero attached hydrogens (tertiary/aromatic N) is 3. The van der Waals surface area contributed by atoms with Gasteiger partial charge in [0.05, 0.1) is 29.9 Å². The number of aromatic nitrogens is 1. The molecule has 0 spiro atoms. The summed E-state index contributed by atoms with van der Waals surface area (Å²) >= 11 is 12.9. The van der Waals surface area contributed by atoms with Gasteiger partial charge in [-0.25, -0.2) is 0 Å². The van der Waals surface area contributed by atoms with Gasteiger partial charge >= 0.3 is 0 Å². The van der Waals surface area contributed by atoms with Crippen molar-refractivity contribution in [1.82, 2.24) is 21.0 Å². The van der Waals surface area contributed by atoms with Gasteiger partial charge in [0.2, 0.25) is 0 Å². The molecule has 6 rings (SSSR count). The van der Waals surface area contributed by atoms with Crippen molar-refractivity contribution in [2.45, 2.75) is 31.8 Å². The van der Waals surface area contributed by atoms with Gasteiger partial charge in [0.1, 0.15) is 6.07 Å². The molecule has 0 radical (unpaired) electrons. The average molecular weight is 571 g/mol. The van der Waals surface area contributed by atoms with Crippen molar-refractivity contribution in [1.29, 1.82) is 5.26 Å². The smallest absolute Gasteiger partial charge is 0.162 e. The Labute approximate surface area is 242 Å². The summed E-state index contributed by atoms with van der Waals surface area (Å²) in [6, 6.07) is 18.7. The van der Waals surface area contributed by atoms with Crippen molar-refractivity contribution in [3.05, 3.63) is 105 Å². The Bertz CT molecular complexity index is 1770. The fraction of sp³-hybridized carbons (Fsp3) is 0.167. The fourth-order valence-corrected chi connectivity index (χ4v) is 5.09. The van der Waals surface area contributed by atoms with Crippen LogP contribution in [0.4, 0.5) is 17.1 Å². The number of nitrogens with one attached hydrogen (secondary N) is 4. The lowest BCUT2D eigenvalue weighted by Crippen LogP contribution is -2.38. The number of pyridine rings is 1. The van der Waals surface area contributed by atoms with Crippen LogP contribution < -0.4 is 21.6 Å². The number of hydrogen-bond donors (Lipinski definition) is 4. The van der Waals surface area contributed by atoms with Crippen LogP contribution in [0.15, 0.2) is 78.8 Å². The monoisotopic (exact) mass is 570 g/mol. The van der Waals surface area contributed by atoms with Crippen molar-refractivity contribution in [3.8, 4) is 6.07 Å². The second kappa shape index (κ2) is 10.7. The number of ketones is 1. The molecule has 1 unspecified atom stereocenters. The highest BCUT2D eigenvalue weighted by Gasteiger charge is 2.33. The van der Waals surface area contributed by atoms with Crippen LogP contribution in [0.1, 0.15) is 48.6 Å². The molecule has 4 N–H and O–H groups in total. The summed E-state index contributed by atoms with van der Waals surface area (Å²) in [6.07, 6.45) is 5.44. The van der Waals surface area contributed by atoms with Crippen LogP contribution in [-0.4, -0.2) is 21.8 Å². The van der Waals surface area contributed by atoms with E-state index in [1.165, 1.54) is 13.1 Å². The molecule has 1 atom stereocenters. The summed E-state index contributed by atoms with van der Waals surface area (Å²) < 4.78 is 9.73. The number of anilines is 3. The summed E-state index contributed by atoms with van der Waals surface area (Å²) in [5.41, 5.74) is 9.99. The standard InChI is InChI=1S/C30H25Cl2N7O/c1-17(40)24-12-21(13-25-28(18(14-33)15-34-29(24)25)35-20-6-4-5-19(31)11-20)36-30(23-7-2-3-8-26(23)32)27-16-39(38-37-27)22-9-10-22/h2-8,11-13,15-16,22,30,36-38H,9-10H2,1H3,(H,34,35)/i30D. The van der Waals surface area contributed by atoms with Crippen LogP contribution >= 0.6 is 23.2 Å². The molecule has 1 aliphatic carbocycles. The van der Waals surface area contributed by atoms with E-state index in [4.69, 9.17) is 23.2 Å². The van der Waals surface area contributed by atoms with Crippen molar-refractivity contribution >= 4 is 57.0 Å². The molecule has 2 aliphatic rings. The molecule has 4 aromatic rings. The highest BCUT2D eigenvalue weighted by molar-refractivity contribution is 6.31. The van der Waals surface area contributed by atoms with E-state index in [9.17, 15) is 11.4 Å². The third kappa shape index (κ3) is 5.15. The second-order valence-corrected chi connectivity index (χ2v) is 10.5. The van der Waals surface area contributed by atoms with Gasteiger partial charge in [-0.15, -0.1) is 5.53 Å². The first-order chi connectivity index (χ1) is 19.8. The van der Waals surface area contributed by atoms with Gasteiger partial charge < -0.3 is 16.1 Å². The Kier molecular flexibility index (Phi) is 6.62. The number of Topliss-reactive ketones (excluding diaryl/α,β-unsaturated/α-hetero) is 1. The molecule has 0 amide bonds. The largest absolute Gasteiger partial charge is 0.373 e. The summed E-state index contributed by atoms with van der Waals surface area (Å²) in [5.74, 6) is -0.210. The molecular weight excluding hydrogens is 545 g/mol. The van der Waals surface area contributed by atoms with Gasteiger partial charge in [-0.05, 0) is 61.7 Å². The Morgan fingerprint density at radius 1 is 1.18 bits per heavy atom. The van der Waals surface area contributed by atoms with E-state index in [2.05, 4.69) is 32.6 Å². The number of carbonyl (C=O) groups is 1. The third-order valence-electron chi connectivity index (χ3n) is 6.78. The fourth-order valence-electron chi connectivity index (χ4n) is 4.67. The molecule has 3 aromatic carbocycles. The van der Waals surface area contributed by atoms with Gasteiger partial charge in [-0.2, -0.15) is 5.26 Å². The SMILES string of the molecule is [2H]C(Nc1cc(C(C)=O)c2ncc(C#N)c(Nc3cccc(Cl)c3)c2c1)(C1=CN(C2CC2)NN1)c1ccccc1Cl. The molecule has 200 valence electrons. The normalized spacial score (nSPS) is 16.4. The molecule has 0 saturated heterocycles. The molecule has 40 heavy (non-hydrogen) atoms. The second-order valence-electron chi connectivity index (χ2n) is 9.67. The lowest BCUT2D eigenvalue weighted by Gasteiger charge is -2.23. The summed E-state index contributed by atoms with van der Waals surface area (Å²) in [7, 11) is 0. The molecule has 10 heteroatoms. The van der Waals surface area contributed by atoms with Crippen LogP contribution in [0, 0.1) is 11.3 Å². The molecule has 1 saturated carbocycles. The van der Waals surface area contributed by atoms with Crippen molar-refractivity contribution in [2.24, 2.45) is 0 Å². The van der Waals surface area contributed by atoms with E-state index in [-0.39, 0.29) is 11.3 Å². The van der Waals surface area contributed by atoms with Gasteiger partial charge in [-0.1, -0.05) is 47.5 Å². The molecular formula is C30H25Cl2N7O. The maximum Gasteiger partial charge on any atom is 0.162 e. The zero-order valence-electron chi connectivity index (χ0n) is 22.4. The Morgan fingerprint density at radius 3 is 2.73 bits per heavy atom. The van der Waals surface area contributed by atoms with Crippen molar-refractivity contribution in [3.63, 3.8) is 0 Å². The molecule has 1 aliphatic heterocycles. The number of nitriles is 1. The van der Waals surface area contributed by atoms with Crippen LogP contribution in [0.25, 0.3) is 10.9 Å². The lowest BCUT2D eigenvalue weighted by atomic mass is 10.00. The van der Waals surface area contributed by atoms with Crippen molar-refractivity contribution in [2.75, 3.05) is 10.6 Å². The van der Waals surface area contributed by atoms with Crippen LogP contribution in [0.3, 0.4) is 0 Å². The van der Waals surface area contributed by atoms with Gasteiger partial charge in [0.25, 0.3) is 0 Å². The zero-order chi connectivity index (χ0) is 28.7. The molecule has 1 fully saturated rings. The number of hydrogen-bond acceptors (Lipinski definition) is 8. The number of hydrazine groups is 2. The predicted octanol–water partition coefficient (Wildman–Crippen LogP) is 6.84. The molecule has 1 aromatic heterocycles. The van der Waals surface area contributed by atoms with E-state index in [1.54, 1.807) is 42.5 Å². The Morgan fingerprint density at radius 2 is 2.00 bits per heavy atom. The Hall–Kier alpha value is -4.29. The number of carbonyl (C=O) groups excluding carboxylic acids is 1. The number of fused-ring (bicyclic) bond motifs is 1. The van der Waals surface area contributed by atoms with E-state index in [1.807, 2.05) is 29.4 Å². The van der Waals surface area contributed by atoms with E-state index in [0.29, 0.717) is 60.9 Å². The van der Waals surface area contributed by atoms with Crippen LogP contribution in [0.5, 0.6) is 0 Å². The van der Waals surface area contributed by atoms with E-state index < -0.39 is 6.02 Å². The highest BCUT2D eigenvalue weighted by Crippen LogP contribution is 2.38. The number of halogens is 2. The van der Waals surface area contributed by atoms with Crippen molar-refractivity contribution < 1.29 is 6.17 Å². The van der Waals surface area contributed by atoms with Crippen LogP contribution in [-0.2, 0) is 0 Å².